The minimum Gasteiger partial charge on any atom is -0.387 e. The summed E-state index contributed by atoms with van der Waals surface area (Å²) in [6.07, 6.45) is -2.99. The quantitative estimate of drug-likeness (QED) is 0.628. The highest BCUT2D eigenvalue weighted by atomic mass is 35.5. The van der Waals surface area contributed by atoms with E-state index in [1.54, 1.807) is 16.8 Å². The van der Waals surface area contributed by atoms with Gasteiger partial charge in [-0.25, -0.2) is 14.4 Å². The van der Waals surface area contributed by atoms with Gasteiger partial charge >= 0.3 is 0 Å². The van der Waals surface area contributed by atoms with Crippen molar-refractivity contribution in [3.05, 3.63) is 58.9 Å². The maximum Gasteiger partial charge on any atom is 0.164 e. The zero-order chi connectivity index (χ0) is 19.3. The highest BCUT2D eigenvalue weighted by Gasteiger charge is 2.47. The number of fused-ring (bicyclic) bond motifs is 1. The Bertz CT molecular complexity index is 998. The second-order valence-electron chi connectivity index (χ2n) is 6.51. The van der Waals surface area contributed by atoms with E-state index in [0.717, 1.165) is 17.1 Å². The Morgan fingerprint density at radius 1 is 1.22 bits per heavy atom. The average molecular weight is 394 g/mol. The molecule has 3 heterocycles. The van der Waals surface area contributed by atoms with Gasteiger partial charge in [-0.3, -0.25) is 0 Å². The molecule has 1 aromatic carbocycles. The maximum absolute atomic E-state index is 13.4. The van der Waals surface area contributed by atoms with Gasteiger partial charge in [0, 0.05) is 11.6 Å². The number of hydrogen-bond acceptors (Lipinski definition) is 6. The number of aliphatic hydroxyl groups is 3. The Hall–Kier alpha value is -2.10. The highest BCUT2D eigenvalue weighted by molar-refractivity contribution is 6.30. The molecule has 0 unspecified atom stereocenters. The second-order valence-corrected chi connectivity index (χ2v) is 6.92. The SMILES string of the molecule is Cc1ncnc2c1ccn2[C@@H]1O[C@H]([C@H](O)c2ccc(F)c(Cl)c2)[C@@H](O)[C@H]1O. The molecule has 1 fully saturated rings. The van der Waals surface area contributed by atoms with Crippen LogP contribution in [-0.4, -0.2) is 48.2 Å². The second kappa shape index (κ2) is 6.81. The van der Waals surface area contributed by atoms with Crippen molar-refractivity contribution in [2.24, 2.45) is 0 Å². The molecule has 142 valence electrons. The summed E-state index contributed by atoms with van der Waals surface area (Å²) >= 11 is 5.76. The summed E-state index contributed by atoms with van der Waals surface area (Å²) in [5.74, 6) is -0.618. The fourth-order valence-corrected chi connectivity index (χ4v) is 3.55. The first-order valence-electron chi connectivity index (χ1n) is 8.31. The van der Waals surface area contributed by atoms with Crippen LogP contribution in [0.15, 0.2) is 36.8 Å². The minimum atomic E-state index is -1.37. The predicted molar refractivity (Wildman–Crippen MR) is 94.6 cm³/mol. The van der Waals surface area contributed by atoms with E-state index in [0.29, 0.717) is 5.65 Å². The number of ether oxygens (including phenoxy) is 1. The molecule has 7 nitrogen and oxygen atoms in total. The molecule has 0 radical (unpaired) electrons. The molecule has 0 saturated carbocycles. The smallest absolute Gasteiger partial charge is 0.164 e. The van der Waals surface area contributed by atoms with Gasteiger partial charge in [-0.15, -0.1) is 0 Å². The zero-order valence-corrected chi connectivity index (χ0v) is 15.0. The monoisotopic (exact) mass is 393 g/mol. The van der Waals surface area contributed by atoms with Crippen LogP contribution in [0.4, 0.5) is 4.39 Å². The lowest BCUT2D eigenvalue weighted by molar-refractivity contribution is -0.0848. The van der Waals surface area contributed by atoms with Crippen molar-refractivity contribution in [2.75, 3.05) is 0 Å². The van der Waals surface area contributed by atoms with Crippen molar-refractivity contribution in [3.8, 4) is 0 Å². The molecule has 2 aromatic heterocycles. The molecular formula is C18H17ClFN3O4. The summed E-state index contributed by atoms with van der Waals surface area (Å²) in [6, 6.07) is 5.52. The Morgan fingerprint density at radius 2 is 2.00 bits per heavy atom. The Morgan fingerprint density at radius 3 is 2.74 bits per heavy atom. The summed E-state index contributed by atoms with van der Waals surface area (Å²) in [7, 11) is 0. The van der Waals surface area contributed by atoms with Gasteiger partial charge in [0.25, 0.3) is 0 Å². The van der Waals surface area contributed by atoms with Crippen LogP contribution in [0.5, 0.6) is 0 Å². The Labute approximate surface area is 158 Å². The van der Waals surface area contributed by atoms with E-state index in [-0.39, 0.29) is 10.6 Å². The fraction of sp³-hybridized carbons (Fsp3) is 0.333. The van der Waals surface area contributed by atoms with Crippen LogP contribution < -0.4 is 0 Å². The topological polar surface area (TPSA) is 101 Å². The number of nitrogens with zero attached hydrogens (tertiary/aromatic N) is 3. The number of aliphatic hydroxyl groups excluding tert-OH is 3. The number of aromatic nitrogens is 3. The van der Waals surface area contributed by atoms with Crippen molar-refractivity contribution in [1.82, 2.24) is 14.5 Å². The molecule has 1 aliphatic heterocycles. The van der Waals surface area contributed by atoms with Crippen molar-refractivity contribution in [1.29, 1.82) is 0 Å². The van der Waals surface area contributed by atoms with Gasteiger partial charge in [0.15, 0.2) is 6.23 Å². The van der Waals surface area contributed by atoms with Gasteiger partial charge in [-0.2, -0.15) is 0 Å². The molecule has 0 aliphatic carbocycles. The third-order valence-corrected chi connectivity index (χ3v) is 5.14. The maximum atomic E-state index is 13.4. The molecule has 1 saturated heterocycles. The number of hydrogen-bond donors (Lipinski definition) is 3. The molecule has 27 heavy (non-hydrogen) atoms. The van der Waals surface area contributed by atoms with Crippen molar-refractivity contribution < 1.29 is 24.4 Å². The number of halogens is 2. The number of aryl methyl sites for hydroxylation is 1. The third-order valence-electron chi connectivity index (χ3n) is 4.85. The molecule has 0 spiro atoms. The summed E-state index contributed by atoms with van der Waals surface area (Å²) < 4.78 is 20.7. The van der Waals surface area contributed by atoms with E-state index in [1.807, 2.05) is 6.92 Å². The van der Waals surface area contributed by atoms with Crippen molar-refractivity contribution in [2.45, 2.75) is 37.6 Å². The first-order chi connectivity index (χ1) is 12.9. The highest BCUT2D eigenvalue weighted by Crippen LogP contribution is 2.38. The lowest BCUT2D eigenvalue weighted by Crippen LogP contribution is -2.34. The van der Waals surface area contributed by atoms with E-state index < -0.39 is 36.5 Å². The predicted octanol–water partition coefficient (Wildman–Crippen LogP) is 1.89. The van der Waals surface area contributed by atoms with Gasteiger partial charge in [0.05, 0.1) is 10.7 Å². The average Bonchev–Trinajstić information content (AvgIpc) is 3.20. The zero-order valence-electron chi connectivity index (χ0n) is 14.2. The lowest BCUT2D eigenvalue weighted by Gasteiger charge is -2.21. The Kier molecular flexibility index (Phi) is 4.61. The minimum absolute atomic E-state index is 0.153. The molecule has 3 N–H and O–H groups in total. The van der Waals surface area contributed by atoms with Gasteiger partial charge in [0.2, 0.25) is 0 Å². The van der Waals surface area contributed by atoms with Crippen LogP contribution in [0.25, 0.3) is 11.0 Å². The molecule has 0 bridgehead atoms. The van der Waals surface area contributed by atoms with Gasteiger partial charge in [-0.05, 0) is 30.7 Å². The first-order valence-corrected chi connectivity index (χ1v) is 8.69. The van der Waals surface area contributed by atoms with Crippen LogP contribution in [-0.2, 0) is 4.74 Å². The molecule has 0 amide bonds. The van der Waals surface area contributed by atoms with E-state index in [4.69, 9.17) is 16.3 Å². The summed E-state index contributed by atoms with van der Waals surface area (Å²) in [4.78, 5) is 8.33. The van der Waals surface area contributed by atoms with E-state index in [1.165, 1.54) is 18.5 Å². The van der Waals surface area contributed by atoms with Crippen LogP contribution in [0, 0.1) is 12.7 Å². The molecule has 3 aromatic rings. The standard InChI is InChI=1S/C18H17ClFN3O4/c1-8-10-4-5-23(17(10)22-7-21-8)18-15(26)14(25)16(27-18)13(24)9-2-3-12(20)11(19)6-9/h2-7,13-16,18,24-26H,1H3/t13-,14+,15-,16-,18-/m1/s1. The van der Waals surface area contributed by atoms with Gasteiger partial charge in [0.1, 0.15) is 42.2 Å². The largest absolute Gasteiger partial charge is 0.387 e. The van der Waals surface area contributed by atoms with Crippen molar-refractivity contribution >= 4 is 22.6 Å². The van der Waals surface area contributed by atoms with Gasteiger partial charge < -0.3 is 24.6 Å². The summed E-state index contributed by atoms with van der Waals surface area (Å²) in [6.45, 7) is 1.83. The number of benzene rings is 1. The van der Waals surface area contributed by atoms with Gasteiger partial charge in [-0.1, -0.05) is 17.7 Å². The van der Waals surface area contributed by atoms with Crippen molar-refractivity contribution in [3.63, 3.8) is 0 Å². The molecular weight excluding hydrogens is 377 g/mol. The van der Waals surface area contributed by atoms with Crippen LogP contribution in [0.2, 0.25) is 5.02 Å². The summed E-state index contributed by atoms with van der Waals surface area (Å²) in [5, 5.41) is 32.1. The Balaban J connectivity index is 1.66. The fourth-order valence-electron chi connectivity index (χ4n) is 3.37. The van der Waals surface area contributed by atoms with E-state index in [2.05, 4.69) is 9.97 Å². The molecule has 5 atom stereocenters. The molecule has 4 rings (SSSR count). The van der Waals surface area contributed by atoms with Crippen LogP contribution >= 0.6 is 11.6 Å². The van der Waals surface area contributed by atoms with Crippen LogP contribution in [0.3, 0.4) is 0 Å². The normalized spacial score (nSPS) is 26.6. The third kappa shape index (κ3) is 2.99. The van der Waals surface area contributed by atoms with Crippen LogP contribution in [0.1, 0.15) is 23.6 Å². The first kappa shape index (κ1) is 18.3. The van der Waals surface area contributed by atoms with E-state index in [9.17, 15) is 19.7 Å². The summed E-state index contributed by atoms with van der Waals surface area (Å²) in [5.41, 5.74) is 1.58. The van der Waals surface area contributed by atoms with E-state index >= 15 is 0 Å². The molecule has 1 aliphatic rings. The number of rotatable bonds is 3. The lowest BCUT2D eigenvalue weighted by atomic mass is 9.99. The molecule has 9 heteroatoms.